The van der Waals surface area contributed by atoms with Crippen molar-refractivity contribution in [1.29, 1.82) is 0 Å². The molecule has 1 saturated carbocycles. The number of carbonyl (C=O) groups is 3. The number of benzene rings is 1. The van der Waals surface area contributed by atoms with Crippen LogP contribution < -0.4 is 5.32 Å². The molecule has 24 heavy (non-hydrogen) atoms. The lowest BCUT2D eigenvalue weighted by atomic mass is 9.86. The second-order valence-corrected chi connectivity index (χ2v) is 7.86. The maximum atomic E-state index is 12.6. The van der Waals surface area contributed by atoms with E-state index >= 15 is 0 Å². The summed E-state index contributed by atoms with van der Waals surface area (Å²) in [4.78, 5) is 38.3. The van der Waals surface area contributed by atoms with Gasteiger partial charge in [-0.25, -0.2) is 4.79 Å². The van der Waals surface area contributed by atoms with E-state index in [1.807, 2.05) is 12.1 Å². The summed E-state index contributed by atoms with van der Waals surface area (Å²) in [6.45, 7) is 6.13. The zero-order valence-corrected chi connectivity index (χ0v) is 14.5. The van der Waals surface area contributed by atoms with E-state index < -0.39 is 11.6 Å². The molecule has 0 bridgehead atoms. The number of rotatable bonds is 3. The molecule has 3 amide bonds. The molecule has 1 saturated heterocycles. The molecule has 1 heterocycles. The third-order valence-corrected chi connectivity index (χ3v) is 5.08. The quantitative estimate of drug-likeness (QED) is 0.685. The van der Waals surface area contributed by atoms with Crippen LogP contribution in [0.2, 0.25) is 0 Å². The van der Waals surface area contributed by atoms with Gasteiger partial charge in [-0.15, -0.1) is 0 Å². The first-order valence-electron chi connectivity index (χ1n) is 8.51. The van der Waals surface area contributed by atoms with Crippen LogP contribution in [0.25, 0.3) is 0 Å². The fraction of sp³-hybridized carbons (Fsp3) is 0.526. The molecular weight excluding hydrogens is 304 g/mol. The summed E-state index contributed by atoms with van der Waals surface area (Å²) in [6.07, 6.45) is 3.20. The van der Waals surface area contributed by atoms with Gasteiger partial charge in [0.25, 0.3) is 5.91 Å². The van der Waals surface area contributed by atoms with Gasteiger partial charge in [0, 0.05) is 5.56 Å². The van der Waals surface area contributed by atoms with Crippen LogP contribution in [-0.4, -0.2) is 34.7 Å². The highest BCUT2D eigenvalue weighted by Crippen LogP contribution is 2.35. The van der Waals surface area contributed by atoms with Crippen molar-refractivity contribution in [2.45, 2.75) is 57.4 Å². The number of nitrogens with zero attached hydrogens (tertiary/aromatic N) is 1. The molecule has 1 aliphatic heterocycles. The van der Waals surface area contributed by atoms with E-state index in [1.54, 1.807) is 12.1 Å². The lowest BCUT2D eigenvalue weighted by molar-refractivity contribution is -0.130. The van der Waals surface area contributed by atoms with Crippen LogP contribution in [0, 0.1) is 0 Å². The summed E-state index contributed by atoms with van der Waals surface area (Å²) >= 11 is 0. The van der Waals surface area contributed by atoms with Crippen molar-refractivity contribution in [1.82, 2.24) is 10.2 Å². The molecule has 1 aromatic rings. The Morgan fingerprint density at radius 3 is 2.25 bits per heavy atom. The van der Waals surface area contributed by atoms with E-state index in [1.165, 1.54) is 0 Å². The minimum atomic E-state index is -0.756. The molecule has 0 radical (unpaired) electrons. The molecular formula is C19H24N2O3. The molecule has 0 aromatic heterocycles. The number of Topliss-reactive ketones (excluding diaryl/α,β-unsaturated/α-hetero) is 1. The molecule has 1 aliphatic carbocycles. The van der Waals surface area contributed by atoms with Gasteiger partial charge >= 0.3 is 6.03 Å². The number of ketones is 1. The molecule has 2 fully saturated rings. The Hall–Kier alpha value is -2.17. The van der Waals surface area contributed by atoms with Gasteiger partial charge in [0.15, 0.2) is 5.78 Å². The number of carbonyl (C=O) groups excluding carboxylic acids is 3. The normalized spacial score (nSPS) is 19.9. The summed E-state index contributed by atoms with van der Waals surface area (Å²) in [5.41, 5.74) is 0.921. The number of urea groups is 1. The fourth-order valence-corrected chi connectivity index (χ4v) is 3.53. The minimum Gasteiger partial charge on any atom is -0.323 e. The van der Waals surface area contributed by atoms with Gasteiger partial charge in [-0.3, -0.25) is 14.5 Å². The SMILES string of the molecule is CC(C)(C)c1ccc(C(=O)CN2C(=O)NC3(CCCC3)C2=O)cc1. The smallest absolute Gasteiger partial charge is 0.323 e. The molecule has 1 N–H and O–H groups in total. The second-order valence-electron chi connectivity index (χ2n) is 7.86. The predicted molar refractivity (Wildman–Crippen MR) is 90.9 cm³/mol. The number of hydrogen-bond donors (Lipinski definition) is 1. The maximum absolute atomic E-state index is 12.6. The van der Waals surface area contributed by atoms with Crippen LogP contribution >= 0.6 is 0 Å². The summed E-state index contributed by atoms with van der Waals surface area (Å²) < 4.78 is 0. The van der Waals surface area contributed by atoms with Crippen molar-refractivity contribution in [2.75, 3.05) is 6.54 Å². The molecule has 0 unspecified atom stereocenters. The Morgan fingerprint density at radius 2 is 1.71 bits per heavy atom. The summed E-state index contributed by atoms with van der Waals surface area (Å²) in [5.74, 6) is -0.460. The molecule has 3 rings (SSSR count). The van der Waals surface area contributed by atoms with Crippen molar-refractivity contribution in [3.63, 3.8) is 0 Å². The highest BCUT2D eigenvalue weighted by molar-refractivity contribution is 6.11. The average Bonchev–Trinajstić information content (AvgIpc) is 3.08. The maximum Gasteiger partial charge on any atom is 0.325 e. The molecule has 1 aromatic carbocycles. The molecule has 128 valence electrons. The van der Waals surface area contributed by atoms with Crippen LogP contribution in [0.3, 0.4) is 0 Å². The van der Waals surface area contributed by atoms with Crippen molar-refractivity contribution < 1.29 is 14.4 Å². The Balaban J connectivity index is 1.73. The van der Waals surface area contributed by atoms with Crippen LogP contribution in [-0.2, 0) is 10.2 Å². The minimum absolute atomic E-state index is 0.0151. The number of amides is 3. The lowest BCUT2D eigenvalue weighted by Crippen LogP contribution is -2.44. The van der Waals surface area contributed by atoms with Crippen molar-refractivity contribution in [3.05, 3.63) is 35.4 Å². The highest BCUT2D eigenvalue weighted by Gasteiger charge is 2.52. The van der Waals surface area contributed by atoms with E-state index in [2.05, 4.69) is 26.1 Å². The van der Waals surface area contributed by atoms with Gasteiger partial charge in [0.1, 0.15) is 5.54 Å². The van der Waals surface area contributed by atoms with Crippen molar-refractivity contribution >= 4 is 17.7 Å². The molecule has 0 atom stereocenters. The third kappa shape index (κ3) is 2.83. The average molecular weight is 328 g/mol. The zero-order valence-electron chi connectivity index (χ0n) is 14.5. The van der Waals surface area contributed by atoms with Crippen LogP contribution in [0.5, 0.6) is 0 Å². The topological polar surface area (TPSA) is 66.5 Å². The standard InChI is InChI=1S/C19H24N2O3/c1-18(2,3)14-8-6-13(7-9-14)15(22)12-21-16(23)19(20-17(21)24)10-4-5-11-19/h6-9H,4-5,10-12H2,1-3H3,(H,20,24). The van der Waals surface area contributed by atoms with Crippen molar-refractivity contribution in [3.8, 4) is 0 Å². The van der Waals surface area contributed by atoms with E-state index in [-0.39, 0.29) is 23.7 Å². The predicted octanol–water partition coefficient (Wildman–Crippen LogP) is 3.03. The summed E-state index contributed by atoms with van der Waals surface area (Å²) in [5, 5.41) is 2.80. The van der Waals surface area contributed by atoms with E-state index in [0.29, 0.717) is 18.4 Å². The Labute approximate surface area is 142 Å². The first kappa shape index (κ1) is 16.7. The van der Waals surface area contributed by atoms with Gasteiger partial charge in [-0.1, -0.05) is 57.9 Å². The van der Waals surface area contributed by atoms with Gasteiger partial charge < -0.3 is 5.32 Å². The number of nitrogens with one attached hydrogen (secondary N) is 1. The van der Waals surface area contributed by atoms with Crippen LogP contribution in [0.1, 0.15) is 62.4 Å². The van der Waals surface area contributed by atoms with Crippen LogP contribution in [0.15, 0.2) is 24.3 Å². The number of hydrogen-bond acceptors (Lipinski definition) is 3. The van der Waals surface area contributed by atoms with Gasteiger partial charge in [-0.05, 0) is 23.8 Å². The summed E-state index contributed by atoms with van der Waals surface area (Å²) in [7, 11) is 0. The van der Waals surface area contributed by atoms with E-state index in [4.69, 9.17) is 0 Å². The van der Waals surface area contributed by atoms with Crippen LogP contribution in [0.4, 0.5) is 4.79 Å². The fourth-order valence-electron chi connectivity index (χ4n) is 3.53. The molecule has 5 nitrogen and oxygen atoms in total. The Kier molecular flexibility index (Phi) is 3.98. The van der Waals surface area contributed by atoms with Crippen molar-refractivity contribution in [2.24, 2.45) is 0 Å². The largest absolute Gasteiger partial charge is 0.325 e. The first-order chi connectivity index (χ1) is 11.2. The lowest BCUT2D eigenvalue weighted by Gasteiger charge is -2.20. The number of imide groups is 1. The zero-order chi connectivity index (χ0) is 17.5. The molecule has 5 heteroatoms. The highest BCUT2D eigenvalue weighted by atomic mass is 16.2. The first-order valence-corrected chi connectivity index (χ1v) is 8.51. The van der Waals surface area contributed by atoms with Gasteiger partial charge in [0.05, 0.1) is 6.54 Å². The Bertz CT molecular complexity index is 680. The van der Waals surface area contributed by atoms with E-state index in [9.17, 15) is 14.4 Å². The molecule has 2 aliphatic rings. The third-order valence-electron chi connectivity index (χ3n) is 5.08. The van der Waals surface area contributed by atoms with E-state index in [0.717, 1.165) is 23.3 Å². The molecule has 1 spiro atoms. The second kappa shape index (κ2) is 5.72. The summed E-state index contributed by atoms with van der Waals surface area (Å²) in [6, 6.07) is 6.95. The van der Waals surface area contributed by atoms with Gasteiger partial charge in [0.2, 0.25) is 0 Å². The van der Waals surface area contributed by atoms with Gasteiger partial charge in [-0.2, -0.15) is 0 Å². The monoisotopic (exact) mass is 328 g/mol. The Morgan fingerprint density at radius 1 is 1.12 bits per heavy atom.